The van der Waals surface area contributed by atoms with E-state index in [9.17, 15) is 5.11 Å². The molecule has 2 aliphatic rings. The van der Waals surface area contributed by atoms with Gasteiger partial charge in [-0.05, 0) is 69.9 Å². The molecule has 2 bridgehead atoms. The molecule has 0 radical (unpaired) electrons. The van der Waals surface area contributed by atoms with Gasteiger partial charge in [-0.2, -0.15) is 0 Å². The summed E-state index contributed by atoms with van der Waals surface area (Å²) < 4.78 is 11.4. The van der Waals surface area contributed by atoms with Crippen molar-refractivity contribution in [3.8, 4) is 28.4 Å². The maximum atomic E-state index is 10.2. The van der Waals surface area contributed by atoms with E-state index >= 15 is 0 Å². The number of hydrogen-bond acceptors (Lipinski definition) is 8. The molecule has 1 aromatic carbocycles. The summed E-state index contributed by atoms with van der Waals surface area (Å²) in [5.41, 5.74) is 6.44. The van der Waals surface area contributed by atoms with E-state index in [2.05, 4.69) is 23.0 Å². The highest BCUT2D eigenvalue weighted by atomic mass is 35.5. The molecule has 0 amide bonds. The van der Waals surface area contributed by atoms with Crippen LogP contribution in [0.3, 0.4) is 0 Å². The minimum absolute atomic E-state index is 0.162. The third kappa shape index (κ3) is 4.45. The zero-order valence-corrected chi connectivity index (χ0v) is 23.4. The number of halogens is 1. The number of rotatable bonds is 8. The molecule has 2 aliphatic heterocycles. The SMILES string of the molecule is CCC[C@@H](O)COc1ccc(Cl)c(-c2nc(-c3c(C)noc3C)c(C)c(N3C4CCC3c3ncccc34)n2)c1. The Bertz CT molecular complexity index is 1490. The summed E-state index contributed by atoms with van der Waals surface area (Å²) in [4.78, 5) is 17.3. The van der Waals surface area contributed by atoms with Gasteiger partial charge in [0.2, 0.25) is 0 Å². The molecular weight excluding hydrogens is 514 g/mol. The van der Waals surface area contributed by atoms with Crippen LogP contribution in [0, 0.1) is 20.8 Å². The quantitative estimate of drug-likeness (QED) is 0.261. The molecule has 6 rings (SSSR count). The lowest BCUT2D eigenvalue weighted by Crippen LogP contribution is -2.22. The molecule has 202 valence electrons. The van der Waals surface area contributed by atoms with Gasteiger partial charge in [-0.1, -0.05) is 36.2 Å². The fourth-order valence-corrected chi connectivity index (χ4v) is 6.19. The van der Waals surface area contributed by atoms with Crippen molar-refractivity contribution in [1.82, 2.24) is 20.1 Å². The largest absolute Gasteiger partial charge is 0.491 e. The number of benzene rings is 1. The lowest BCUT2D eigenvalue weighted by Gasteiger charge is -2.26. The minimum atomic E-state index is -0.525. The van der Waals surface area contributed by atoms with E-state index in [0.717, 1.165) is 53.3 Å². The topological polar surface area (TPSA) is 97.4 Å². The Morgan fingerprint density at radius 2 is 1.97 bits per heavy atom. The summed E-state index contributed by atoms with van der Waals surface area (Å²) in [5, 5.41) is 14.9. The molecule has 4 aromatic rings. The first kappa shape index (κ1) is 25.8. The third-order valence-electron chi connectivity index (χ3n) is 7.81. The maximum Gasteiger partial charge on any atom is 0.163 e. The van der Waals surface area contributed by atoms with Gasteiger partial charge in [-0.15, -0.1) is 0 Å². The molecule has 1 saturated heterocycles. The van der Waals surface area contributed by atoms with E-state index in [1.807, 2.05) is 39.1 Å². The first-order valence-electron chi connectivity index (χ1n) is 13.5. The van der Waals surface area contributed by atoms with Crippen LogP contribution in [-0.4, -0.2) is 37.9 Å². The van der Waals surface area contributed by atoms with Gasteiger partial charge in [0, 0.05) is 17.3 Å². The number of nitrogens with zero attached hydrogens (tertiary/aromatic N) is 5. The predicted molar refractivity (Wildman–Crippen MR) is 150 cm³/mol. The lowest BCUT2D eigenvalue weighted by atomic mass is 9.96. The molecule has 1 N–H and O–H groups in total. The van der Waals surface area contributed by atoms with Crippen molar-refractivity contribution in [3.63, 3.8) is 0 Å². The molecule has 39 heavy (non-hydrogen) atoms. The molecule has 5 heterocycles. The number of ether oxygens (including phenoxy) is 1. The summed E-state index contributed by atoms with van der Waals surface area (Å²) in [5.74, 6) is 2.67. The molecule has 0 spiro atoms. The number of fused-ring (bicyclic) bond motifs is 5. The summed E-state index contributed by atoms with van der Waals surface area (Å²) >= 11 is 6.74. The second-order valence-corrected chi connectivity index (χ2v) is 10.8. The smallest absolute Gasteiger partial charge is 0.163 e. The van der Waals surface area contributed by atoms with Crippen molar-refractivity contribution >= 4 is 17.4 Å². The second-order valence-electron chi connectivity index (χ2n) is 10.4. The highest BCUT2D eigenvalue weighted by Gasteiger charge is 2.46. The summed E-state index contributed by atoms with van der Waals surface area (Å²) in [6.45, 7) is 8.13. The van der Waals surface area contributed by atoms with Crippen LogP contribution in [0.15, 0.2) is 41.1 Å². The van der Waals surface area contributed by atoms with Gasteiger partial charge < -0.3 is 19.3 Å². The van der Waals surface area contributed by atoms with Gasteiger partial charge >= 0.3 is 0 Å². The second kappa shape index (κ2) is 10.2. The molecular formula is C30H32ClN5O3. The van der Waals surface area contributed by atoms with E-state index in [0.29, 0.717) is 34.3 Å². The van der Waals surface area contributed by atoms with Gasteiger partial charge in [0.1, 0.15) is 23.9 Å². The van der Waals surface area contributed by atoms with E-state index in [1.165, 1.54) is 5.56 Å². The first-order chi connectivity index (χ1) is 18.9. The molecule has 8 nitrogen and oxygen atoms in total. The van der Waals surface area contributed by atoms with Crippen molar-refractivity contribution in [2.75, 3.05) is 11.5 Å². The Kier molecular flexibility index (Phi) is 6.77. The Balaban J connectivity index is 1.48. The summed E-state index contributed by atoms with van der Waals surface area (Å²) in [7, 11) is 0. The Morgan fingerprint density at radius 3 is 2.72 bits per heavy atom. The van der Waals surface area contributed by atoms with Crippen LogP contribution in [0.1, 0.15) is 73.0 Å². The standard InChI is InChI=1S/C30H32ClN5O3/c1-5-7-19(37)15-38-20-9-10-23(31)22(14-20)29-33-27(26-17(3)35-39-18(26)4)16(2)30(34-29)36-24-11-12-25(36)28-21(24)8-6-13-32-28/h6,8-10,13-14,19,24-25,37H,5,7,11-12,15H2,1-4H3/t19-,24?,25?/m1/s1. The minimum Gasteiger partial charge on any atom is -0.491 e. The van der Waals surface area contributed by atoms with Crippen LogP contribution in [0.25, 0.3) is 22.6 Å². The van der Waals surface area contributed by atoms with Gasteiger partial charge in [0.15, 0.2) is 5.82 Å². The van der Waals surface area contributed by atoms with Gasteiger partial charge in [-0.25, -0.2) is 9.97 Å². The predicted octanol–water partition coefficient (Wildman–Crippen LogP) is 6.71. The van der Waals surface area contributed by atoms with Crippen LogP contribution < -0.4 is 9.64 Å². The normalized spacial score (nSPS) is 18.5. The molecule has 0 aliphatic carbocycles. The van der Waals surface area contributed by atoms with Gasteiger partial charge in [-0.3, -0.25) is 4.98 Å². The van der Waals surface area contributed by atoms with Crippen molar-refractivity contribution in [2.24, 2.45) is 0 Å². The van der Waals surface area contributed by atoms with E-state index in [1.54, 1.807) is 12.1 Å². The molecule has 0 saturated carbocycles. The summed E-state index contributed by atoms with van der Waals surface area (Å²) in [6, 6.07) is 10.00. The van der Waals surface area contributed by atoms with Crippen LogP contribution in [-0.2, 0) is 0 Å². The highest BCUT2D eigenvalue weighted by molar-refractivity contribution is 6.33. The van der Waals surface area contributed by atoms with Crippen molar-refractivity contribution in [1.29, 1.82) is 0 Å². The van der Waals surface area contributed by atoms with E-state index in [4.69, 9.17) is 35.8 Å². The average molecular weight is 546 g/mol. The molecule has 1 fully saturated rings. The Morgan fingerprint density at radius 1 is 1.15 bits per heavy atom. The average Bonchev–Trinajstić information content (AvgIpc) is 3.60. The lowest BCUT2D eigenvalue weighted by molar-refractivity contribution is 0.0994. The fourth-order valence-electron chi connectivity index (χ4n) is 5.99. The monoisotopic (exact) mass is 545 g/mol. The van der Waals surface area contributed by atoms with Crippen LogP contribution >= 0.6 is 11.6 Å². The number of aryl methyl sites for hydroxylation is 2. The number of aromatic nitrogens is 4. The number of anilines is 1. The van der Waals surface area contributed by atoms with E-state index in [-0.39, 0.29) is 18.7 Å². The molecule has 3 atom stereocenters. The zero-order valence-electron chi connectivity index (χ0n) is 22.6. The number of aliphatic hydroxyl groups is 1. The van der Waals surface area contributed by atoms with E-state index < -0.39 is 6.10 Å². The zero-order chi connectivity index (χ0) is 27.3. The van der Waals surface area contributed by atoms with Crippen molar-refractivity contribution < 1.29 is 14.4 Å². The number of hydrogen-bond donors (Lipinski definition) is 1. The summed E-state index contributed by atoms with van der Waals surface area (Å²) in [6.07, 6.45) is 4.99. The van der Waals surface area contributed by atoms with Crippen LogP contribution in [0.4, 0.5) is 5.82 Å². The Hall–Kier alpha value is -3.49. The first-order valence-corrected chi connectivity index (χ1v) is 13.9. The molecule has 3 aromatic heterocycles. The van der Waals surface area contributed by atoms with Crippen molar-refractivity contribution in [2.45, 2.75) is 71.6 Å². The molecule has 9 heteroatoms. The number of pyridine rings is 1. The van der Waals surface area contributed by atoms with Crippen LogP contribution in [0.5, 0.6) is 5.75 Å². The third-order valence-corrected chi connectivity index (χ3v) is 8.14. The van der Waals surface area contributed by atoms with Crippen molar-refractivity contribution in [3.05, 3.63) is 69.8 Å². The number of aliphatic hydroxyl groups excluding tert-OH is 1. The Labute approximate surface area is 233 Å². The maximum absolute atomic E-state index is 10.2. The highest BCUT2D eigenvalue weighted by Crippen LogP contribution is 2.55. The van der Waals surface area contributed by atoms with Crippen LogP contribution in [0.2, 0.25) is 5.02 Å². The molecule has 2 unspecified atom stereocenters. The van der Waals surface area contributed by atoms with Gasteiger partial charge in [0.25, 0.3) is 0 Å². The fraction of sp³-hybridized carbons (Fsp3) is 0.400. The van der Waals surface area contributed by atoms with Gasteiger partial charge in [0.05, 0.1) is 45.9 Å².